The van der Waals surface area contributed by atoms with Crippen molar-refractivity contribution < 1.29 is 19.4 Å². The molecule has 178 valence electrons. The quantitative estimate of drug-likeness (QED) is 0.647. The second kappa shape index (κ2) is 8.43. The highest BCUT2D eigenvalue weighted by atomic mass is 16.5. The zero-order valence-corrected chi connectivity index (χ0v) is 19.8. The van der Waals surface area contributed by atoms with E-state index >= 15 is 0 Å². The average Bonchev–Trinajstić information content (AvgIpc) is 3.17. The summed E-state index contributed by atoms with van der Waals surface area (Å²) in [6.07, 6.45) is 3.10. The van der Waals surface area contributed by atoms with Gasteiger partial charge in [0.1, 0.15) is 11.4 Å². The molecule has 8 nitrogen and oxygen atoms in total. The Balaban J connectivity index is 1.70. The molecule has 0 bridgehead atoms. The second-order valence-electron chi connectivity index (χ2n) is 9.34. The number of fused-ring (bicyclic) bond motifs is 4. The summed E-state index contributed by atoms with van der Waals surface area (Å²) < 4.78 is 7.57. The van der Waals surface area contributed by atoms with Crippen LogP contribution in [0.4, 0.5) is 0 Å². The predicted molar refractivity (Wildman–Crippen MR) is 128 cm³/mol. The number of amides is 2. The van der Waals surface area contributed by atoms with Crippen molar-refractivity contribution in [3.63, 3.8) is 0 Å². The van der Waals surface area contributed by atoms with E-state index in [1.165, 1.54) is 5.56 Å². The van der Waals surface area contributed by atoms with Gasteiger partial charge in [-0.25, -0.2) is 0 Å². The zero-order chi connectivity index (χ0) is 24.0. The summed E-state index contributed by atoms with van der Waals surface area (Å²) in [5, 5.41) is 11.7. The molecule has 0 saturated carbocycles. The number of aliphatic hydroxyl groups excluding tert-OH is 1. The molecule has 0 unspecified atom stereocenters. The van der Waals surface area contributed by atoms with Crippen molar-refractivity contribution >= 4 is 22.7 Å². The van der Waals surface area contributed by atoms with E-state index in [-0.39, 0.29) is 23.8 Å². The van der Waals surface area contributed by atoms with E-state index in [0.717, 1.165) is 35.2 Å². The summed E-state index contributed by atoms with van der Waals surface area (Å²) in [6, 6.07) is 10.8. The van der Waals surface area contributed by atoms with Gasteiger partial charge in [0, 0.05) is 62.4 Å². The first-order valence-electron chi connectivity index (χ1n) is 11.7. The monoisotopic (exact) mass is 462 g/mol. The van der Waals surface area contributed by atoms with Crippen molar-refractivity contribution in [3.8, 4) is 5.75 Å². The molecule has 34 heavy (non-hydrogen) atoms. The first-order valence-corrected chi connectivity index (χ1v) is 11.7. The molecular weight excluding hydrogens is 432 g/mol. The minimum absolute atomic E-state index is 0.0724. The Bertz CT molecular complexity index is 1240. The number of likely N-dealkylation sites (tertiary alicyclic amines) is 1. The molecule has 2 aliphatic rings. The Morgan fingerprint density at radius 3 is 2.59 bits per heavy atom. The van der Waals surface area contributed by atoms with Crippen molar-refractivity contribution in [1.82, 2.24) is 19.4 Å². The maximum absolute atomic E-state index is 13.7. The summed E-state index contributed by atoms with van der Waals surface area (Å²) >= 11 is 0. The second-order valence-corrected chi connectivity index (χ2v) is 9.34. The predicted octanol–water partition coefficient (Wildman–Crippen LogP) is 2.65. The maximum Gasteiger partial charge on any atom is 0.273 e. The third-order valence-corrected chi connectivity index (χ3v) is 7.63. The van der Waals surface area contributed by atoms with Crippen molar-refractivity contribution in [2.24, 2.45) is 7.05 Å². The molecule has 5 rings (SSSR count). The lowest BCUT2D eigenvalue weighted by Crippen LogP contribution is -2.56. The van der Waals surface area contributed by atoms with Gasteiger partial charge in [-0.15, -0.1) is 0 Å². The van der Waals surface area contributed by atoms with Gasteiger partial charge in [0.05, 0.1) is 25.3 Å². The van der Waals surface area contributed by atoms with Gasteiger partial charge in [0.15, 0.2) is 0 Å². The van der Waals surface area contributed by atoms with Crippen LogP contribution in [0.1, 0.15) is 47.6 Å². The Hall–Kier alpha value is -3.39. The molecule has 0 aliphatic carbocycles. The summed E-state index contributed by atoms with van der Waals surface area (Å²) in [7, 11) is 3.63. The van der Waals surface area contributed by atoms with Crippen molar-refractivity contribution in [2.45, 2.75) is 31.2 Å². The first kappa shape index (κ1) is 22.4. The normalized spacial score (nSPS) is 19.4. The number of aromatic nitrogens is 2. The van der Waals surface area contributed by atoms with Crippen LogP contribution in [0.3, 0.4) is 0 Å². The average molecular weight is 463 g/mol. The van der Waals surface area contributed by atoms with Crippen LogP contribution >= 0.6 is 0 Å². The number of pyridine rings is 1. The number of piperidine rings is 1. The van der Waals surface area contributed by atoms with Gasteiger partial charge < -0.3 is 24.2 Å². The number of carbonyl (C=O) groups excluding carboxylic acids is 2. The van der Waals surface area contributed by atoms with Crippen LogP contribution in [-0.4, -0.2) is 69.6 Å². The minimum atomic E-state index is -0.496. The van der Waals surface area contributed by atoms with E-state index in [4.69, 9.17) is 4.74 Å². The van der Waals surface area contributed by atoms with Gasteiger partial charge in [0.2, 0.25) is 5.91 Å². The number of nitrogens with zero attached hydrogens (tertiary/aromatic N) is 4. The largest absolute Gasteiger partial charge is 0.497 e. The molecule has 2 aliphatic heterocycles. The van der Waals surface area contributed by atoms with E-state index in [2.05, 4.69) is 15.6 Å². The van der Waals surface area contributed by atoms with E-state index in [1.807, 2.05) is 24.1 Å². The highest BCUT2D eigenvalue weighted by Crippen LogP contribution is 2.50. The van der Waals surface area contributed by atoms with Crippen molar-refractivity contribution in [2.75, 3.05) is 33.4 Å². The van der Waals surface area contributed by atoms with E-state index in [1.54, 1.807) is 43.3 Å². The number of methoxy groups -OCH3 is 1. The van der Waals surface area contributed by atoms with Crippen LogP contribution in [0.5, 0.6) is 5.75 Å². The molecular formula is C26H30N4O4. The molecule has 0 radical (unpaired) electrons. The van der Waals surface area contributed by atoms with E-state index in [9.17, 15) is 14.7 Å². The lowest BCUT2D eigenvalue weighted by Gasteiger charge is -2.50. The van der Waals surface area contributed by atoms with Gasteiger partial charge in [-0.05, 0) is 42.7 Å². The van der Waals surface area contributed by atoms with E-state index < -0.39 is 6.04 Å². The molecule has 1 spiro atoms. The standard InChI is InChI=1S/C26H30N4O4/c1-17(32)29-12-9-26(10-13-29)16-30(25(33)20-6-4-5-11-27-20)22(15-31)24-23(26)19-8-7-18(34-3)14-21(19)28(24)2/h4-8,11,14,22,31H,9-10,12-13,15-16H2,1-3H3/t22-/m1/s1. The zero-order valence-electron chi connectivity index (χ0n) is 19.8. The van der Waals surface area contributed by atoms with Gasteiger partial charge in [-0.3, -0.25) is 14.6 Å². The minimum Gasteiger partial charge on any atom is -0.497 e. The lowest BCUT2D eigenvalue weighted by atomic mass is 9.68. The van der Waals surface area contributed by atoms with Gasteiger partial charge in [-0.2, -0.15) is 0 Å². The van der Waals surface area contributed by atoms with Crippen molar-refractivity contribution in [3.05, 3.63) is 59.5 Å². The smallest absolute Gasteiger partial charge is 0.273 e. The van der Waals surface area contributed by atoms with Crippen LogP contribution in [0, 0.1) is 0 Å². The number of hydrogen-bond donors (Lipinski definition) is 1. The molecule has 2 amide bonds. The number of ether oxygens (including phenoxy) is 1. The third kappa shape index (κ3) is 3.36. The maximum atomic E-state index is 13.7. The molecule has 1 fully saturated rings. The molecule has 1 aromatic carbocycles. The van der Waals surface area contributed by atoms with Gasteiger partial charge >= 0.3 is 0 Å². The van der Waals surface area contributed by atoms with E-state index in [0.29, 0.717) is 25.3 Å². The molecule has 1 saturated heterocycles. The van der Waals surface area contributed by atoms with Crippen molar-refractivity contribution in [1.29, 1.82) is 0 Å². The van der Waals surface area contributed by atoms with Crippen LogP contribution in [0.2, 0.25) is 0 Å². The summed E-state index contributed by atoms with van der Waals surface area (Å²) in [6.45, 7) is 3.15. The molecule has 1 N–H and O–H groups in total. The SMILES string of the molecule is COc1ccc2c3c(n(C)c2c1)[C@@H](CO)N(C(=O)c1ccccn1)CC31CCN(C(C)=O)CC1. The topological polar surface area (TPSA) is 87.9 Å². The van der Waals surface area contributed by atoms with Crippen LogP contribution in [0.15, 0.2) is 42.6 Å². The molecule has 4 heterocycles. The Labute approximate surface area is 198 Å². The highest BCUT2D eigenvalue weighted by Gasteiger charge is 2.49. The fourth-order valence-electron chi connectivity index (χ4n) is 5.87. The van der Waals surface area contributed by atoms with Crippen LogP contribution in [-0.2, 0) is 17.3 Å². The Kier molecular flexibility index (Phi) is 5.56. The van der Waals surface area contributed by atoms with Crippen LogP contribution in [0.25, 0.3) is 10.9 Å². The first-order chi connectivity index (χ1) is 16.4. The lowest BCUT2D eigenvalue weighted by molar-refractivity contribution is -0.130. The summed E-state index contributed by atoms with van der Waals surface area (Å²) in [4.78, 5) is 33.7. The number of carbonyl (C=O) groups is 2. The molecule has 1 atom stereocenters. The number of rotatable bonds is 3. The highest BCUT2D eigenvalue weighted by molar-refractivity contribution is 5.94. The van der Waals surface area contributed by atoms with Crippen LogP contribution < -0.4 is 4.74 Å². The fraction of sp³-hybridized carbons (Fsp3) is 0.423. The number of benzene rings is 1. The molecule has 2 aromatic heterocycles. The Morgan fingerprint density at radius 1 is 1.21 bits per heavy atom. The molecule has 8 heteroatoms. The number of hydrogen-bond acceptors (Lipinski definition) is 5. The third-order valence-electron chi connectivity index (χ3n) is 7.63. The van der Waals surface area contributed by atoms with Gasteiger partial charge in [-0.1, -0.05) is 6.07 Å². The number of aryl methyl sites for hydroxylation is 1. The molecule has 3 aromatic rings. The summed E-state index contributed by atoms with van der Waals surface area (Å²) in [5.74, 6) is 0.637. The van der Waals surface area contributed by atoms with Gasteiger partial charge in [0.25, 0.3) is 5.91 Å². The fourth-order valence-corrected chi connectivity index (χ4v) is 5.87. The Morgan fingerprint density at radius 2 is 1.97 bits per heavy atom. The number of aliphatic hydroxyl groups is 1. The summed E-state index contributed by atoms with van der Waals surface area (Å²) in [5.41, 5.74) is 3.16.